The summed E-state index contributed by atoms with van der Waals surface area (Å²) in [4.78, 5) is 10.8. The van der Waals surface area contributed by atoms with Crippen LogP contribution in [0.1, 0.15) is 19.8 Å². The molecular weight excluding hydrogens is 184 g/mol. The summed E-state index contributed by atoms with van der Waals surface area (Å²) in [6.45, 7) is 5.26. The van der Waals surface area contributed by atoms with Gasteiger partial charge in [0.25, 0.3) is 0 Å². The predicted octanol–water partition coefficient (Wildman–Crippen LogP) is 0.893. The van der Waals surface area contributed by atoms with Gasteiger partial charge < -0.3 is 14.6 Å². The number of aliphatic hydroxyl groups is 1. The zero-order valence-corrected chi connectivity index (χ0v) is 8.78. The fraction of sp³-hybridized carbons (Fsp3) is 0.700. The normalized spacial score (nSPS) is 14.8. The highest BCUT2D eigenvalue weighted by molar-refractivity contribution is 5.90. The highest BCUT2D eigenvalue weighted by Crippen LogP contribution is 2.13. The van der Waals surface area contributed by atoms with Crippen molar-refractivity contribution in [3.05, 3.63) is 12.7 Å². The lowest BCUT2D eigenvalue weighted by molar-refractivity contribution is -0.195. The van der Waals surface area contributed by atoms with E-state index in [4.69, 9.17) is 9.47 Å². The smallest absolute Gasteiger partial charge is 0.180 e. The van der Waals surface area contributed by atoms with Crippen LogP contribution < -0.4 is 0 Å². The van der Waals surface area contributed by atoms with Crippen molar-refractivity contribution in [3.63, 3.8) is 0 Å². The van der Waals surface area contributed by atoms with Crippen molar-refractivity contribution in [3.8, 4) is 0 Å². The molecule has 0 aromatic heterocycles. The number of carbonyl (C=O) groups is 1. The maximum absolute atomic E-state index is 10.8. The number of ketones is 1. The molecule has 0 amide bonds. The second-order valence-corrected chi connectivity index (χ2v) is 3.23. The van der Waals surface area contributed by atoms with Gasteiger partial charge in [0.15, 0.2) is 11.6 Å². The molecule has 0 aromatic carbocycles. The lowest BCUT2D eigenvalue weighted by atomic mass is 10.2. The third kappa shape index (κ3) is 6.77. The van der Waals surface area contributed by atoms with E-state index in [1.165, 1.54) is 13.0 Å². The Hall–Kier alpha value is -0.710. The van der Waals surface area contributed by atoms with Gasteiger partial charge in [0.2, 0.25) is 0 Å². The molecule has 0 bridgehead atoms. The predicted molar refractivity (Wildman–Crippen MR) is 52.9 cm³/mol. The first-order valence-electron chi connectivity index (χ1n) is 4.52. The minimum atomic E-state index is -1.27. The summed E-state index contributed by atoms with van der Waals surface area (Å²) >= 11 is 0. The maximum atomic E-state index is 10.8. The van der Waals surface area contributed by atoms with Gasteiger partial charge in [0.1, 0.15) is 6.61 Å². The highest BCUT2D eigenvalue weighted by atomic mass is 16.6. The number of hydrogen-bond acceptors (Lipinski definition) is 4. The summed E-state index contributed by atoms with van der Waals surface area (Å²) in [6, 6.07) is 0. The fourth-order valence-electron chi connectivity index (χ4n) is 0.902. The molecule has 0 rings (SSSR count). The van der Waals surface area contributed by atoms with Crippen LogP contribution in [0.4, 0.5) is 0 Å². The van der Waals surface area contributed by atoms with Gasteiger partial charge >= 0.3 is 0 Å². The molecule has 1 N–H and O–H groups in total. The summed E-state index contributed by atoms with van der Waals surface area (Å²) in [5.41, 5.74) is 0. The van der Waals surface area contributed by atoms with Gasteiger partial charge in [-0.15, -0.1) is 0 Å². The highest BCUT2D eigenvalue weighted by Gasteiger charge is 2.20. The summed E-state index contributed by atoms with van der Waals surface area (Å²) in [5.74, 6) is -1.51. The van der Waals surface area contributed by atoms with Crippen LogP contribution >= 0.6 is 0 Å². The van der Waals surface area contributed by atoms with Crippen molar-refractivity contribution in [1.82, 2.24) is 0 Å². The average molecular weight is 202 g/mol. The molecule has 4 nitrogen and oxygen atoms in total. The van der Waals surface area contributed by atoms with Crippen molar-refractivity contribution >= 4 is 5.78 Å². The number of rotatable bonds is 8. The molecule has 0 radical (unpaired) electrons. The minimum absolute atomic E-state index is 0.135. The van der Waals surface area contributed by atoms with E-state index >= 15 is 0 Å². The lowest BCUT2D eigenvalue weighted by Crippen LogP contribution is -2.30. The quantitative estimate of drug-likeness (QED) is 0.361. The van der Waals surface area contributed by atoms with E-state index in [-0.39, 0.29) is 12.4 Å². The molecule has 82 valence electrons. The average Bonchev–Trinajstić information content (AvgIpc) is 2.14. The molecule has 0 aromatic rings. The second-order valence-electron chi connectivity index (χ2n) is 3.23. The summed E-state index contributed by atoms with van der Waals surface area (Å²) in [5, 5.41) is 9.62. The van der Waals surface area contributed by atoms with Gasteiger partial charge in [-0.25, -0.2) is 0 Å². The van der Waals surface area contributed by atoms with Gasteiger partial charge in [-0.05, 0) is 19.4 Å². The van der Waals surface area contributed by atoms with Crippen LogP contribution in [0, 0.1) is 0 Å². The molecule has 1 unspecified atom stereocenters. The number of ether oxygens (including phenoxy) is 2. The molecule has 0 saturated heterocycles. The molecular formula is C10H18O4. The van der Waals surface area contributed by atoms with Gasteiger partial charge in [-0.1, -0.05) is 6.58 Å². The molecule has 0 heterocycles. The first-order chi connectivity index (χ1) is 6.52. The molecule has 0 aliphatic carbocycles. The van der Waals surface area contributed by atoms with Crippen molar-refractivity contribution in [2.45, 2.75) is 25.6 Å². The Balaban J connectivity index is 3.70. The fourth-order valence-corrected chi connectivity index (χ4v) is 0.902. The number of methoxy groups -OCH3 is 1. The molecule has 0 spiro atoms. The van der Waals surface area contributed by atoms with Crippen LogP contribution in [0.15, 0.2) is 12.7 Å². The van der Waals surface area contributed by atoms with Crippen LogP contribution in [0.3, 0.4) is 0 Å². The summed E-state index contributed by atoms with van der Waals surface area (Å²) < 4.78 is 9.84. The topological polar surface area (TPSA) is 55.8 Å². The number of hydrogen-bond donors (Lipinski definition) is 1. The first-order valence-corrected chi connectivity index (χ1v) is 4.52. The maximum Gasteiger partial charge on any atom is 0.180 e. The van der Waals surface area contributed by atoms with Crippen LogP contribution in [0.2, 0.25) is 0 Å². The van der Waals surface area contributed by atoms with Crippen LogP contribution in [-0.2, 0) is 14.3 Å². The van der Waals surface area contributed by atoms with Gasteiger partial charge in [-0.3, -0.25) is 4.79 Å². The standard InChI is InChI=1S/C10H18O4/c1-4-9(11)8-14-10(2,12)6-5-7-13-3/h4,12H,1,5-8H2,2-3H3. The van der Waals surface area contributed by atoms with E-state index in [0.29, 0.717) is 19.4 Å². The van der Waals surface area contributed by atoms with Gasteiger partial charge in [0.05, 0.1) is 0 Å². The molecule has 1 atom stereocenters. The van der Waals surface area contributed by atoms with E-state index < -0.39 is 5.79 Å². The Morgan fingerprint density at radius 1 is 1.64 bits per heavy atom. The molecule has 0 aliphatic rings. The molecule has 0 saturated carbocycles. The Bertz CT molecular complexity index is 187. The summed E-state index contributed by atoms with van der Waals surface area (Å²) in [6.07, 6.45) is 2.29. The van der Waals surface area contributed by atoms with Crippen LogP contribution in [-0.4, -0.2) is 37.0 Å². The van der Waals surface area contributed by atoms with E-state index in [1.54, 1.807) is 7.11 Å². The second kappa shape index (κ2) is 6.70. The molecule has 4 heteroatoms. The molecule has 0 fully saturated rings. The zero-order chi connectivity index (χ0) is 11.0. The van der Waals surface area contributed by atoms with Crippen molar-refractivity contribution < 1.29 is 19.4 Å². The monoisotopic (exact) mass is 202 g/mol. The van der Waals surface area contributed by atoms with Crippen molar-refractivity contribution in [2.24, 2.45) is 0 Å². The Morgan fingerprint density at radius 3 is 2.79 bits per heavy atom. The van der Waals surface area contributed by atoms with E-state index in [9.17, 15) is 9.90 Å². The SMILES string of the molecule is C=CC(=O)COC(C)(O)CCCOC. The molecule has 0 aliphatic heterocycles. The van der Waals surface area contributed by atoms with Crippen molar-refractivity contribution in [1.29, 1.82) is 0 Å². The zero-order valence-electron chi connectivity index (χ0n) is 8.78. The largest absolute Gasteiger partial charge is 0.385 e. The van der Waals surface area contributed by atoms with Crippen LogP contribution in [0.25, 0.3) is 0 Å². The van der Waals surface area contributed by atoms with E-state index in [2.05, 4.69) is 6.58 Å². The summed E-state index contributed by atoms with van der Waals surface area (Å²) in [7, 11) is 1.59. The lowest BCUT2D eigenvalue weighted by Gasteiger charge is -2.22. The third-order valence-electron chi connectivity index (χ3n) is 1.74. The van der Waals surface area contributed by atoms with E-state index in [1.807, 2.05) is 0 Å². The Morgan fingerprint density at radius 2 is 2.29 bits per heavy atom. The van der Waals surface area contributed by atoms with E-state index in [0.717, 1.165) is 0 Å². The minimum Gasteiger partial charge on any atom is -0.385 e. The van der Waals surface area contributed by atoms with Crippen LogP contribution in [0.5, 0.6) is 0 Å². The van der Waals surface area contributed by atoms with Gasteiger partial charge in [-0.2, -0.15) is 0 Å². The first kappa shape index (κ1) is 13.3. The Kier molecular flexibility index (Phi) is 6.36. The number of carbonyl (C=O) groups excluding carboxylic acids is 1. The molecule has 14 heavy (non-hydrogen) atoms. The Labute approximate surface area is 84.5 Å². The third-order valence-corrected chi connectivity index (χ3v) is 1.74. The van der Waals surface area contributed by atoms with Crippen molar-refractivity contribution in [2.75, 3.05) is 20.3 Å². The van der Waals surface area contributed by atoms with Gasteiger partial charge in [0, 0.05) is 20.1 Å².